The number of alkyl halides is 3. The number of hydrogen-bond donors (Lipinski definition) is 2. The molecule has 1 aromatic rings. The Kier molecular flexibility index (Phi) is 6.18. The number of nitrogens with one attached hydrogen (secondary N) is 2. The summed E-state index contributed by atoms with van der Waals surface area (Å²) in [5.74, 6) is 0. The summed E-state index contributed by atoms with van der Waals surface area (Å²) < 4.78 is 61.1. The van der Waals surface area contributed by atoms with Crippen molar-refractivity contribution in [3.8, 4) is 0 Å². The summed E-state index contributed by atoms with van der Waals surface area (Å²) in [5.41, 5.74) is 0.873. The van der Waals surface area contributed by atoms with Crippen LogP contribution in [-0.2, 0) is 10.0 Å². The third-order valence-corrected chi connectivity index (χ3v) is 4.27. The van der Waals surface area contributed by atoms with Gasteiger partial charge in [0.1, 0.15) is 6.54 Å². The molecule has 0 bridgehead atoms. The van der Waals surface area contributed by atoms with Crippen LogP contribution in [-0.4, -0.2) is 27.7 Å². The predicted octanol–water partition coefficient (Wildman–Crippen LogP) is 2.59. The highest BCUT2D eigenvalue weighted by molar-refractivity contribution is 7.89. The predicted molar refractivity (Wildman–Crippen MR) is 74.4 cm³/mol. The van der Waals surface area contributed by atoms with Crippen LogP contribution in [0.15, 0.2) is 29.2 Å². The van der Waals surface area contributed by atoms with Gasteiger partial charge in [0.2, 0.25) is 10.0 Å². The number of sulfonamides is 1. The molecule has 1 aromatic carbocycles. The molecule has 0 saturated heterocycles. The summed E-state index contributed by atoms with van der Waals surface area (Å²) in [6, 6.07) is 5.84. The Morgan fingerprint density at radius 2 is 1.76 bits per heavy atom. The fourth-order valence-electron chi connectivity index (χ4n) is 1.67. The van der Waals surface area contributed by atoms with Gasteiger partial charge in [-0.2, -0.15) is 13.2 Å². The maximum absolute atomic E-state index is 12.1. The average molecular weight is 324 g/mol. The van der Waals surface area contributed by atoms with Crippen LogP contribution >= 0.6 is 0 Å². The molecule has 0 saturated carbocycles. The zero-order valence-electron chi connectivity index (χ0n) is 11.9. The van der Waals surface area contributed by atoms with Crippen molar-refractivity contribution in [3.63, 3.8) is 0 Å². The fourth-order valence-corrected chi connectivity index (χ4v) is 2.69. The van der Waals surface area contributed by atoms with Crippen LogP contribution in [0.1, 0.15) is 31.9 Å². The first kappa shape index (κ1) is 17.9. The zero-order chi connectivity index (χ0) is 16.1. The number of hydrogen-bond acceptors (Lipinski definition) is 3. The Balaban J connectivity index is 2.77. The van der Waals surface area contributed by atoms with E-state index in [1.54, 1.807) is 12.1 Å². The molecule has 1 unspecified atom stereocenters. The lowest BCUT2D eigenvalue weighted by Gasteiger charge is -2.14. The number of halogens is 3. The molecule has 1 rings (SSSR count). The summed E-state index contributed by atoms with van der Waals surface area (Å²) in [4.78, 5) is -0.182. The summed E-state index contributed by atoms with van der Waals surface area (Å²) in [5, 5.41) is 3.24. The minimum Gasteiger partial charge on any atom is -0.310 e. The van der Waals surface area contributed by atoms with E-state index < -0.39 is 22.7 Å². The quantitative estimate of drug-likeness (QED) is 0.810. The molecule has 0 radical (unpaired) electrons. The highest BCUT2D eigenvalue weighted by Crippen LogP contribution is 2.18. The number of benzene rings is 1. The molecule has 4 nitrogen and oxygen atoms in total. The van der Waals surface area contributed by atoms with E-state index in [2.05, 4.69) is 5.32 Å². The smallest absolute Gasteiger partial charge is 0.310 e. The molecular weight excluding hydrogens is 305 g/mol. The number of rotatable bonds is 7. The van der Waals surface area contributed by atoms with E-state index in [0.29, 0.717) is 0 Å². The average Bonchev–Trinajstić information content (AvgIpc) is 2.42. The van der Waals surface area contributed by atoms with Crippen molar-refractivity contribution in [3.05, 3.63) is 29.8 Å². The van der Waals surface area contributed by atoms with Crippen molar-refractivity contribution in [2.24, 2.45) is 0 Å². The first-order valence-corrected chi connectivity index (χ1v) is 8.04. The molecule has 0 aliphatic rings. The summed E-state index contributed by atoms with van der Waals surface area (Å²) in [6.07, 6.45) is -3.61. The van der Waals surface area contributed by atoms with Crippen LogP contribution in [0.2, 0.25) is 0 Å². The van der Waals surface area contributed by atoms with Crippen molar-refractivity contribution < 1.29 is 21.6 Å². The molecule has 21 heavy (non-hydrogen) atoms. The van der Waals surface area contributed by atoms with Gasteiger partial charge in [0.25, 0.3) is 0 Å². The van der Waals surface area contributed by atoms with E-state index in [4.69, 9.17) is 0 Å². The Hall–Kier alpha value is -1.12. The summed E-state index contributed by atoms with van der Waals surface area (Å²) in [6.45, 7) is 3.21. The monoisotopic (exact) mass is 324 g/mol. The third kappa shape index (κ3) is 6.03. The Labute approximate surface area is 122 Å². The van der Waals surface area contributed by atoms with Crippen LogP contribution in [0.4, 0.5) is 13.2 Å². The van der Waals surface area contributed by atoms with Crippen LogP contribution in [0.3, 0.4) is 0 Å². The second-order valence-electron chi connectivity index (χ2n) is 4.68. The molecule has 120 valence electrons. The van der Waals surface area contributed by atoms with Gasteiger partial charge in [0.05, 0.1) is 4.90 Å². The zero-order valence-corrected chi connectivity index (χ0v) is 12.7. The van der Waals surface area contributed by atoms with E-state index in [9.17, 15) is 21.6 Å². The SMILES string of the molecule is CCCNC(C)c1ccc(S(=O)(=O)NCC(F)(F)F)cc1. The first-order valence-electron chi connectivity index (χ1n) is 6.55. The second-order valence-corrected chi connectivity index (χ2v) is 6.45. The summed E-state index contributed by atoms with van der Waals surface area (Å²) in [7, 11) is -4.14. The van der Waals surface area contributed by atoms with Gasteiger partial charge in [-0.3, -0.25) is 0 Å². The maximum Gasteiger partial charge on any atom is 0.402 e. The maximum atomic E-state index is 12.1. The fraction of sp³-hybridized carbons (Fsp3) is 0.538. The first-order chi connectivity index (χ1) is 9.65. The van der Waals surface area contributed by atoms with Gasteiger partial charge in [-0.1, -0.05) is 19.1 Å². The minimum atomic E-state index is -4.58. The van der Waals surface area contributed by atoms with Crippen LogP contribution in [0.5, 0.6) is 0 Å². The van der Waals surface area contributed by atoms with Crippen molar-refractivity contribution in [2.75, 3.05) is 13.1 Å². The lowest BCUT2D eigenvalue weighted by molar-refractivity contribution is -0.121. The molecule has 0 spiro atoms. The van der Waals surface area contributed by atoms with Crippen molar-refractivity contribution >= 4 is 10.0 Å². The molecule has 0 aliphatic carbocycles. The molecule has 0 aliphatic heterocycles. The van der Waals surface area contributed by atoms with Gasteiger partial charge in [0.15, 0.2) is 0 Å². The Bertz CT molecular complexity index is 542. The van der Waals surface area contributed by atoms with E-state index in [1.165, 1.54) is 16.9 Å². The largest absolute Gasteiger partial charge is 0.402 e. The summed E-state index contributed by atoms with van der Waals surface area (Å²) >= 11 is 0. The minimum absolute atomic E-state index is 0.0461. The molecule has 2 N–H and O–H groups in total. The molecular formula is C13H19F3N2O2S. The van der Waals surface area contributed by atoms with Gasteiger partial charge in [-0.15, -0.1) is 0 Å². The second kappa shape index (κ2) is 7.24. The van der Waals surface area contributed by atoms with Crippen molar-refractivity contribution in [1.29, 1.82) is 0 Å². The van der Waals surface area contributed by atoms with Gasteiger partial charge in [-0.25, -0.2) is 13.1 Å². The van der Waals surface area contributed by atoms with E-state index in [0.717, 1.165) is 18.5 Å². The van der Waals surface area contributed by atoms with Crippen LogP contribution in [0, 0.1) is 0 Å². The lowest BCUT2D eigenvalue weighted by Crippen LogP contribution is -2.33. The Morgan fingerprint density at radius 1 is 1.19 bits per heavy atom. The van der Waals surface area contributed by atoms with Crippen LogP contribution < -0.4 is 10.0 Å². The van der Waals surface area contributed by atoms with Gasteiger partial charge in [0, 0.05) is 6.04 Å². The van der Waals surface area contributed by atoms with Crippen molar-refractivity contribution in [1.82, 2.24) is 10.0 Å². The van der Waals surface area contributed by atoms with Gasteiger partial charge < -0.3 is 5.32 Å². The normalized spacial score (nSPS) is 14.1. The molecule has 0 fully saturated rings. The van der Waals surface area contributed by atoms with Crippen molar-refractivity contribution in [2.45, 2.75) is 37.4 Å². The van der Waals surface area contributed by atoms with Crippen LogP contribution in [0.25, 0.3) is 0 Å². The molecule has 0 aromatic heterocycles. The van der Waals surface area contributed by atoms with Gasteiger partial charge >= 0.3 is 6.18 Å². The van der Waals surface area contributed by atoms with E-state index in [-0.39, 0.29) is 10.9 Å². The van der Waals surface area contributed by atoms with E-state index in [1.807, 2.05) is 13.8 Å². The highest BCUT2D eigenvalue weighted by atomic mass is 32.2. The molecule has 1 atom stereocenters. The van der Waals surface area contributed by atoms with Gasteiger partial charge in [-0.05, 0) is 37.6 Å². The third-order valence-electron chi connectivity index (χ3n) is 2.85. The van der Waals surface area contributed by atoms with E-state index >= 15 is 0 Å². The Morgan fingerprint density at radius 3 is 2.24 bits per heavy atom. The molecule has 8 heteroatoms. The molecule has 0 amide bonds. The lowest BCUT2D eigenvalue weighted by atomic mass is 10.1. The standard InChI is InChI=1S/C13H19F3N2O2S/c1-3-8-17-10(2)11-4-6-12(7-5-11)21(19,20)18-9-13(14,15)16/h4-7,10,17-18H,3,8-9H2,1-2H3. The highest BCUT2D eigenvalue weighted by Gasteiger charge is 2.30. The topological polar surface area (TPSA) is 58.2 Å². The molecule has 0 heterocycles.